The molecule has 0 saturated carbocycles. The molecule has 0 aromatic carbocycles. The maximum atomic E-state index is 11.5. The number of carbonyl (C=O) groups excluding carboxylic acids is 1. The van der Waals surface area contributed by atoms with Crippen LogP contribution in [0.3, 0.4) is 0 Å². The van der Waals surface area contributed by atoms with Crippen molar-refractivity contribution < 1.29 is 9.90 Å². The van der Waals surface area contributed by atoms with Gasteiger partial charge in [0.25, 0.3) is 0 Å². The molecule has 0 radical (unpaired) electrons. The number of thioether (sulfide) groups is 1. The molecule has 1 rings (SSSR count). The molecule has 0 aliphatic carbocycles. The lowest BCUT2D eigenvalue weighted by Gasteiger charge is -2.07. The summed E-state index contributed by atoms with van der Waals surface area (Å²) in [5, 5.41) is 9.01. The summed E-state index contributed by atoms with van der Waals surface area (Å²) in [6.45, 7) is 2.20. The third-order valence-electron chi connectivity index (χ3n) is 1.93. The zero-order valence-electron chi connectivity index (χ0n) is 8.19. The second-order valence-electron chi connectivity index (χ2n) is 3.14. The predicted octanol–water partition coefficient (Wildman–Crippen LogP) is 1.70. The zero-order chi connectivity index (χ0) is 10.4. The molecule has 4 heteroatoms. The van der Waals surface area contributed by atoms with E-state index in [1.807, 2.05) is 13.0 Å². The van der Waals surface area contributed by atoms with Gasteiger partial charge in [-0.15, -0.1) is 0 Å². The van der Waals surface area contributed by atoms with Crippen molar-refractivity contribution in [3.63, 3.8) is 0 Å². The highest BCUT2D eigenvalue weighted by molar-refractivity contribution is 8.00. The maximum absolute atomic E-state index is 11.5. The molecule has 2 N–H and O–H groups in total. The number of hydrogen-bond acceptors (Lipinski definition) is 3. The molecular weight excluding hydrogens is 198 g/mol. The molecule has 1 aromatic rings. The topological polar surface area (TPSA) is 53.1 Å². The van der Waals surface area contributed by atoms with Gasteiger partial charge in [0.15, 0.2) is 5.78 Å². The summed E-state index contributed by atoms with van der Waals surface area (Å²) >= 11 is 1.58. The molecular formula is C10H15NO2S. The van der Waals surface area contributed by atoms with Crippen molar-refractivity contribution in [2.75, 3.05) is 12.4 Å². The molecule has 0 aliphatic heterocycles. The van der Waals surface area contributed by atoms with Gasteiger partial charge in [0, 0.05) is 18.1 Å². The van der Waals surface area contributed by atoms with Crippen LogP contribution >= 0.6 is 11.8 Å². The lowest BCUT2D eigenvalue weighted by Crippen LogP contribution is -2.08. The van der Waals surface area contributed by atoms with E-state index in [2.05, 4.69) is 4.98 Å². The maximum Gasteiger partial charge on any atom is 0.188 e. The Morgan fingerprint density at radius 2 is 2.50 bits per heavy atom. The van der Waals surface area contributed by atoms with Gasteiger partial charge in [0.05, 0.1) is 11.4 Å². The predicted molar refractivity (Wildman–Crippen MR) is 58.7 cm³/mol. The molecule has 1 atom stereocenters. The number of aliphatic hydroxyl groups is 1. The number of rotatable bonds is 6. The largest absolute Gasteiger partial charge is 0.396 e. The van der Waals surface area contributed by atoms with Crippen molar-refractivity contribution in [1.82, 2.24) is 4.98 Å². The van der Waals surface area contributed by atoms with Crippen molar-refractivity contribution >= 4 is 17.5 Å². The van der Waals surface area contributed by atoms with Crippen LogP contribution in [0.2, 0.25) is 0 Å². The van der Waals surface area contributed by atoms with Gasteiger partial charge in [0.2, 0.25) is 0 Å². The molecule has 1 aromatic heterocycles. The minimum Gasteiger partial charge on any atom is -0.396 e. The lowest BCUT2D eigenvalue weighted by molar-refractivity contribution is 0.101. The molecule has 0 aliphatic rings. The number of aliphatic hydroxyl groups excluding tert-OH is 1. The van der Waals surface area contributed by atoms with E-state index < -0.39 is 0 Å². The van der Waals surface area contributed by atoms with E-state index in [9.17, 15) is 4.79 Å². The normalized spacial score (nSPS) is 12.7. The highest BCUT2D eigenvalue weighted by atomic mass is 32.2. The van der Waals surface area contributed by atoms with Crippen molar-refractivity contribution in [2.24, 2.45) is 0 Å². The molecule has 0 bridgehead atoms. The Balaban J connectivity index is 2.28. The smallest absolute Gasteiger partial charge is 0.188 e. The molecule has 0 saturated heterocycles. The van der Waals surface area contributed by atoms with E-state index in [0.29, 0.717) is 16.7 Å². The van der Waals surface area contributed by atoms with Crippen LogP contribution in [-0.2, 0) is 0 Å². The SMILES string of the molecule is CC(CCO)SCC(=O)c1ccc[nH]1. The Bertz CT molecular complexity index is 272. The standard InChI is InChI=1S/C10H15NO2S/c1-8(4-6-12)14-7-10(13)9-3-2-5-11-9/h2-3,5,8,11-12H,4,6-7H2,1H3. The first kappa shape index (κ1) is 11.3. The molecule has 0 amide bonds. The summed E-state index contributed by atoms with van der Waals surface area (Å²) < 4.78 is 0. The van der Waals surface area contributed by atoms with Crippen LogP contribution in [0.5, 0.6) is 0 Å². The summed E-state index contributed by atoms with van der Waals surface area (Å²) in [4.78, 5) is 14.4. The minimum atomic E-state index is 0.116. The van der Waals surface area contributed by atoms with Crippen molar-refractivity contribution in [2.45, 2.75) is 18.6 Å². The monoisotopic (exact) mass is 213 g/mol. The van der Waals surface area contributed by atoms with Crippen molar-refractivity contribution in [3.8, 4) is 0 Å². The van der Waals surface area contributed by atoms with Crippen LogP contribution in [0.25, 0.3) is 0 Å². The first-order valence-electron chi connectivity index (χ1n) is 4.63. The molecule has 14 heavy (non-hydrogen) atoms. The van der Waals surface area contributed by atoms with Crippen LogP contribution in [0.1, 0.15) is 23.8 Å². The van der Waals surface area contributed by atoms with Crippen LogP contribution in [0.4, 0.5) is 0 Å². The molecule has 1 unspecified atom stereocenters. The summed E-state index contributed by atoms with van der Waals surface area (Å²) in [6, 6.07) is 3.59. The van der Waals surface area contributed by atoms with E-state index in [-0.39, 0.29) is 12.4 Å². The second-order valence-corrected chi connectivity index (χ2v) is 4.57. The van der Waals surface area contributed by atoms with E-state index in [4.69, 9.17) is 5.11 Å². The van der Waals surface area contributed by atoms with Gasteiger partial charge in [0.1, 0.15) is 0 Å². The Labute approximate surface area is 87.9 Å². The lowest BCUT2D eigenvalue weighted by atomic mass is 10.3. The minimum absolute atomic E-state index is 0.116. The van der Waals surface area contributed by atoms with Crippen LogP contribution in [0.15, 0.2) is 18.3 Å². The zero-order valence-corrected chi connectivity index (χ0v) is 9.01. The van der Waals surface area contributed by atoms with Crippen LogP contribution in [0, 0.1) is 0 Å². The van der Waals surface area contributed by atoms with E-state index in [1.54, 1.807) is 24.0 Å². The molecule has 1 heterocycles. The second kappa shape index (κ2) is 5.88. The van der Waals surface area contributed by atoms with Gasteiger partial charge in [-0.1, -0.05) is 6.92 Å². The van der Waals surface area contributed by atoms with Gasteiger partial charge >= 0.3 is 0 Å². The Morgan fingerprint density at radius 1 is 1.71 bits per heavy atom. The van der Waals surface area contributed by atoms with Gasteiger partial charge in [-0.05, 0) is 18.6 Å². The Morgan fingerprint density at radius 3 is 3.07 bits per heavy atom. The highest BCUT2D eigenvalue weighted by Crippen LogP contribution is 2.14. The van der Waals surface area contributed by atoms with Crippen LogP contribution < -0.4 is 0 Å². The number of H-pyrrole nitrogens is 1. The van der Waals surface area contributed by atoms with Crippen molar-refractivity contribution in [1.29, 1.82) is 0 Å². The molecule has 0 fully saturated rings. The number of Topliss-reactive ketones (excluding diaryl/α,β-unsaturated/α-hetero) is 1. The molecule has 0 spiro atoms. The first-order valence-corrected chi connectivity index (χ1v) is 5.68. The average Bonchev–Trinajstić information content (AvgIpc) is 2.67. The number of aromatic nitrogens is 1. The fourth-order valence-corrected chi connectivity index (χ4v) is 1.93. The number of hydrogen-bond donors (Lipinski definition) is 2. The third-order valence-corrected chi connectivity index (χ3v) is 3.17. The first-order chi connectivity index (χ1) is 6.74. The van der Waals surface area contributed by atoms with Crippen molar-refractivity contribution in [3.05, 3.63) is 24.0 Å². The van der Waals surface area contributed by atoms with Gasteiger partial charge in [-0.25, -0.2) is 0 Å². The van der Waals surface area contributed by atoms with E-state index in [1.165, 1.54) is 0 Å². The van der Waals surface area contributed by atoms with E-state index in [0.717, 1.165) is 6.42 Å². The quantitative estimate of drug-likeness (QED) is 0.707. The van der Waals surface area contributed by atoms with Gasteiger partial charge in [-0.2, -0.15) is 11.8 Å². The summed E-state index contributed by atoms with van der Waals surface area (Å²) in [5.41, 5.74) is 0.661. The number of ketones is 1. The van der Waals surface area contributed by atoms with Gasteiger partial charge < -0.3 is 10.1 Å². The Kier molecular flexibility index (Phi) is 4.76. The number of carbonyl (C=O) groups is 1. The molecule has 78 valence electrons. The summed E-state index contributed by atoms with van der Waals surface area (Å²) in [7, 11) is 0. The highest BCUT2D eigenvalue weighted by Gasteiger charge is 2.09. The Hall–Kier alpha value is -0.740. The number of nitrogens with one attached hydrogen (secondary N) is 1. The summed E-state index contributed by atoms with van der Waals surface area (Å²) in [6.07, 6.45) is 2.48. The van der Waals surface area contributed by atoms with Gasteiger partial charge in [-0.3, -0.25) is 4.79 Å². The summed E-state index contributed by atoms with van der Waals surface area (Å²) in [5.74, 6) is 0.589. The third kappa shape index (κ3) is 3.55. The van der Waals surface area contributed by atoms with E-state index >= 15 is 0 Å². The average molecular weight is 213 g/mol. The fraction of sp³-hybridized carbons (Fsp3) is 0.500. The fourth-order valence-electron chi connectivity index (χ4n) is 1.06. The number of aromatic amines is 1. The van der Waals surface area contributed by atoms with Crippen LogP contribution in [-0.4, -0.2) is 33.5 Å². The molecule has 3 nitrogen and oxygen atoms in total.